The Bertz CT molecular complexity index is 1460. The van der Waals surface area contributed by atoms with Gasteiger partial charge in [0.15, 0.2) is 0 Å². The zero-order chi connectivity index (χ0) is 29.6. The number of hydrogen-bond donors (Lipinski definition) is 1. The molecule has 0 bridgehead atoms. The van der Waals surface area contributed by atoms with Crippen molar-refractivity contribution in [1.29, 1.82) is 0 Å². The number of rotatable bonds is 10. The van der Waals surface area contributed by atoms with Crippen LogP contribution in [0.15, 0.2) is 77.7 Å². The Labute approximate surface area is 242 Å². The summed E-state index contributed by atoms with van der Waals surface area (Å²) in [5.74, 6) is -1.25. The summed E-state index contributed by atoms with van der Waals surface area (Å²) in [6.45, 7) is 4.87. The summed E-state index contributed by atoms with van der Waals surface area (Å²) in [6, 6.07) is 18.2. The molecule has 41 heavy (non-hydrogen) atoms. The Kier molecular flexibility index (Phi) is 9.81. The topological polar surface area (TPSA) is 86.8 Å². The van der Waals surface area contributed by atoms with E-state index in [9.17, 15) is 22.4 Å². The predicted octanol–water partition coefficient (Wildman–Crippen LogP) is 5.50. The van der Waals surface area contributed by atoms with Crippen LogP contribution in [-0.4, -0.2) is 43.8 Å². The molecule has 3 aromatic rings. The maximum Gasteiger partial charge on any atom is 0.264 e. The highest BCUT2D eigenvalue weighted by molar-refractivity contribution is 7.92. The molecule has 7 nitrogen and oxygen atoms in total. The first-order chi connectivity index (χ1) is 19.6. The first-order valence-corrected chi connectivity index (χ1v) is 15.5. The van der Waals surface area contributed by atoms with Gasteiger partial charge in [0.2, 0.25) is 11.8 Å². The molecule has 9 heteroatoms. The van der Waals surface area contributed by atoms with E-state index in [-0.39, 0.29) is 23.4 Å². The van der Waals surface area contributed by atoms with Gasteiger partial charge in [-0.25, -0.2) is 12.8 Å². The lowest BCUT2D eigenvalue weighted by Crippen LogP contribution is -2.53. The molecule has 0 heterocycles. The first kappa shape index (κ1) is 30.2. The molecular formula is C32H38FN3O4S. The van der Waals surface area contributed by atoms with Crippen molar-refractivity contribution in [3.05, 3.63) is 95.3 Å². The number of sulfonamides is 1. The van der Waals surface area contributed by atoms with Crippen molar-refractivity contribution >= 4 is 27.5 Å². The Morgan fingerprint density at radius 3 is 2.24 bits per heavy atom. The number of carbonyl (C=O) groups is 2. The third kappa shape index (κ3) is 7.52. The van der Waals surface area contributed by atoms with E-state index in [0.717, 1.165) is 42.0 Å². The summed E-state index contributed by atoms with van der Waals surface area (Å²) in [5, 5.41) is 3.08. The van der Waals surface area contributed by atoms with Crippen LogP contribution in [-0.2, 0) is 26.2 Å². The molecule has 0 aromatic heterocycles. The van der Waals surface area contributed by atoms with Gasteiger partial charge in [0.25, 0.3) is 10.0 Å². The Balaban J connectivity index is 1.69. The van der Waals surface area contributed by atoms with Gasteiger partial charge in [-0.3, -0.25) is 13.9 Å². The molecule has 0 saturated heterocycles. The van der Waals surface area contributed by atoms with Gasteiger partial charge in [-0.05, 0) is 75.1 Å². The van der Waals surface area contributed by atoms with Gasteiger partial charge in [0, 0.05) is 12.6 Å². The molecule has 1 atom stereocenters. The third-order valence-corrected chi connectivity index (χ3v) is 9.39. The van der Waals surface area contributed by atoms with Crippen LogP contribution in [0.4, 0.5) is 10.1 Å². The molecule has 4 rings (SSSR count). The molecule has 1 N–H and O–H groups in total. The van der Waals surface area contributed by atoms with E-state index in [0.29, 0.717) is 16.8 Å². The minimum Gasteiger partial charge on any atom is -0.352 e. The second kappa shape index (κ2) is 13.3. The van der Waals surface area contributed by atoms with Gasteiger partial charge in [-0.1, -0.05) is 67.3 Å². The van der Waals surface area contributed by atoms with Crippen LogP contribution in [0.5, 0.6) is 0 Å². The maximum absolute atomic E-state index is 14.1. The van der Waals surface area contributed by atoms with Crippen molar-refractivity contribution in [2.45, 2.75) is 76.4 Å². The van der Waals surface area contributed by atoms with Crippen molar-refractivity contribution in [1.82, 2.24) is 10.2 Å². The Hall–Kier alpha value is -3.72. The summed E-state index contributed by atoms with van der Waals surface area (Å²) in [6.07, 6.45) is 5.00. The smallest absolute Gasteiger partial charge is 0.264 e. The molecule has 218 valence electrons. The van der Waals surface area contributed by atoms with Crippen LogP contribution in [0.3, 0.4) is 0 Å². The highest BCUT2D eigenvalue weighted by atomic mass is 32.2. The number of nitrogens with zero attached hydrogens (tertiary/aromatic N) is 2. The van der Waals surface area contributed by atoms with Crippen LogP contribution >= 0.6 is 0 Å². The minimum absolute atomic E-state index is 0.0183. The molecule has 1 unspecified atom stereocenters. The van der Waals surface area contributed by atoms with Gasteiger partial charge < -0.3 is 10.2 Å². The molecule has 2 amide bonds. The number of aryl methyl sites for hydroxylation is 2. The summed E-state index contributed by atoms with van der Waals surface area (Å²) >= 11 is 0. The fraction of sp³-hybridized carbons (Fsp3) is 0.375. The second-order valence-corrected chi connectivity index (χ2v) is 12.6. The van der Waals surface area contributed by atoms with E-state index in [1.165, 1.54) is 29.2 Å². The maximum atomic E-state index is 14.1. The lowest BCUT2D eigenvalue weighted by Gasteiger charge is -2.33. The van der Waals surface area contributed by atoms with E-state index in [1.54, 1.807) is 56.3 Å². The number of anilines is 1. The Morgan fingerprint density at radius 1 is 0.951 bits per heavy atom. The fourth-order valence-corrected chi connectivity index (χ4v) is 6.76. The number of benzene rings is 3. The summed E-state index contributed by atoms with van der Waals surface area (Å²) < 4.78 is 42.6. The highest BCUT2D eigenvalue weighted by Gasteiger charge is 2.33. The molecular weight excluding hydrogens is 541 g/mol. The number of carbonyl (C=O) groups excluding carboxylic acids is 2. The highest BCUT2D eigenvalue weighted by Crippen LogP contribution is 2.28. The average molecular weight is 580 g/mol. The molecule has 1 aliphatic carbocycles. The van der Waals surface area contributed by atoms with Crippen molar-refractivity contribution in [3.8, 4) is 0 Å². The second-order valence-electron chi connectivity index (χ2n) is 10.8. The van der Waals surface area contributed by atoms with Crippen molar-refractivity contribution < 1.29 is 22.4 Å². The Morgan fingerprint density at radius 2 is 1.61 bits per heavy atom. The largest absolute Gasteiger partial charge is 0.352 e. The van der Waals surface area contributed by atoms with Gasteiger partial charge in [0.05, 0.1) is 10.6 Å². The van der Waals surface area contributed by atoms with Crippen LogP contribution < -0.4 is 9.62 Å². The van der Waals surface area contributed by atoms with E-state index in [1.807, 2.05) is 13.0 Å². The average Bonchev–Trinajstić information content (AvgIpc) is 2.96. The van der Waals surface area contributed by atoms with E-state index in [4.69, 9.17) is 0 Å². The van der Waals surface area contributed by atoms with Gasteiger partial charge in [0.1, 0.15) is 18.4 Å². The van der Waals surface area contributed by atoms with Crippen molar-refractivity contribution in [2.75, 3.05) is 10.8 Å². The van der Waals surface area contributed by atoms with Crippen molar-refractivity contribution in [3.63, 3.8) is 0 Å². The van der Waals surface area contributed by atoms with E-state index >= 15 is 0 Å². The number of hydrogen-bond acceptors (Lipinski definition) is 4. The quantitative estimate of drug-likeness (QED) is 0.344. The minimum atomic E-state index is -4.13. The monoisotopic (exact) mass is 579 g/mol. The molecule has 0 spiro atoms. The zero-order valence-electron chi connectivity index (χ0n) is 23.8. The fourth-order valence-electron chi connectivity index (χ4n) is 5.26. The zero-order valence-corrected chi connectivity index (χ0v) is 24.7. The number of amides is 2. The summed E-state index contributed by atoms with van der Waals surface area (Å²) in [5.41, 5.74) is 2.67. The van der Waals surface area contributed by atoms with Crippen molar-refractivity contribution in [2.24, 2.45) is 0 Å². The number of halogens is 1. The van der Waals surface area contributed by atoms with Crippen LogP contribution in [0.2, 0.25) is 0 Å². The molecule has 0 aliphatic heterocycles. The molecule has 1 fully saturated rings. The summed E-state index contributed by atoms with van der Waals surface area (Å²) in [7, 11) is -4.13. The van der Waals surface area contributed by atoms with Crippen LogP contribution in [0, 0.1) is 19.7 Å². The third-order valence-electron chi connectivity index (χ3n) is 7.62. The molecule has 1 saturated carbocycles. The molecule has 1 aliphatic rings. The van der Waals surface area contributed by atoms with Crippen LogP contribution in [0.25, 0.3) is 0 Å². The number of nitrogens with one attached hydrogen (secondary N) is 1. The first-order valence-electron chi connectivity index (χ1n) is 14.1. The lowest BCUT2D eigenvalue weighted by atomic mass is 9.95. The normalized spacial score (nSPS) is 14.7. The van der Waals surface area contributed by atoms with Gasteiger partial charge in [-0.15, -0.1) is 0 Å². The lowest BCUT2D eigenvalue weighted by molar-refractivity contribution is -0.139. The van der Waals surface area contributed by atoms with Gasteiger partial charge >= 0.3 is 0 Å². The standard InChI is InChI=1S/C32H38FN3O4S/c1-23-14-19-30(24(2)20-23)36(41(39,40)29-12-8-5-9-13-29)22-31(37)35(21-26-15-17-27(33)18-16-26)25(3)32(38)34-28-10-6-4-7-11-28/h5,8-9,12-20,25,28H,4,6-7,10-11,21-22H2,1-3H3,(H,34,38). The molecule has 3 aromatic carbocycles. The molecule has 0 radical (unpaired) electrons. The summed E-state index contributed by atoms with van der Waals surface area (Å²) in [4.78, 5) is 28.9. The predicted molar refractivity (Wildman–Crippen MR) is 158 cm³/mol. The van der Waals surface area contributed by atoms with E-state index < -0.39 is 34.3 Å². The SMILES string of the molecule is Cc1ccc(N(CC(=O)N(Cc2ccc(F)cc2)C(C)C(=O)NC2CCCCC2)S(=O)(=O)c2ccccc2)c(C)c1. The van der Waals surface area contributed by atoms with E-state index in [2.05, 4.69) is 5.32 Å². The van der Waals surface area contributed by atoms with Gasteiger partial charge in [-0.2, -0.15) is 0 Å². The van der Waals surface area contributed by atoms with Crippen LogP contribution in [0.1, 0.15) is 55.7 Å².